The van der Waals surface area contributed by atoms with Crippen molar-refractivity contribution in [3.05, 3.63) is 0 Å². The fraction of sp³-hybridized carbons (Fsp3) is 0.700. The predicted octanol–water partition coefficient (Wildman–Crippen LogP) is -0.659. The first-order valence-corrected chi connectivity index (χ1v) is 5.43. The van der Waals surface area contributed by atoms with Crippen LogP contribution in [0.25, 0.3) is 0 Å². The predicted molar refractivity (Wildman–Crippen MR) is 53.5 cm³/mol. The van der Waals surface area contributed by atoms with Crippen LogP contribution in [0.15, 0.2) is 0 Å². The Kier molecular flexibility index (Phi) is 2.91. The number of nitrogens with one attached hydrogen (secondary N) is 1. The minimum absolute atomic E-state index is 0.148. The van der Waals surface area contributed by atoms with E-state index in [0.29, 0.717) is 6.42 Å². The first-order valence-electron chi connectivity index (χ1n) is 5.43. The summed E-state index contributed by atoms with van der Waals surface area (Å²) in [4.78, 5) is 35.3. The summed E-state index contributed by atoms with van der Waals surface area (Å²) in [6.45, 7) is 0.746. The highest BCUT2D eigenvalue weighted by Gasteiger charge is 2.42. The summed E-state index contributed by atoms with van der Waals surface area (Å²) >= 11 is 0. The Morgan fingerprint density at radius 2 is 2.12 bits per heavy atom. The first-order chi connectivity index (χ1) is 7.61. The third-order valence-corrected chi connectivity index (χ3v) is 3.09. The zero-order valence-electron chi connectivity index (χ0n) is 8.81. The zero-order chi connectivity index (χ0) is 11.7. The number of hydrogen-bond donors (Lipinski definition) is 2. The second-order valence-electron chi connectivity index (χ2n) is 4.14. The summed E-state index contributed by atoms with van der Waals surface area (Å²) in [6.07, 6.45) is 1.94. The number of carbonyl (C=O) groups is 3. The molecule has 0 spiro atoms. The van der Waals surface area contributed by atoms with Gasteiger partial charge in [-0.25, -0.2) is 4.79 Å². The third-order valence-electron chi connectivity index (χ3n) is 3.09. The molecule has 2 atom stereocenters. The van der Waals surface area contributed by atoms with Crippen molar-refractivity contribution in [2.24, 2.45) is 0 Å². The molecule has 6 nitrogen and oxygen atoms in total. The van der Waals surface area contributed by atoms with Crippen LogP contribution in [0.5, 0.6) is 0 Å². The van der Waals surface area contributed by atoms with Gasteiger partial charge in [-0.1, -0.05) is 0 Å². The lowest BCUT2D eigenvalue weighted by molar-refractivity contribution is -0.154. The summed E-state index contributed by atoms with van der Waals surface area (Å²) in [5, 5.41) is 11.9. The largest absolute Gasteiger partial charge is 0.480 e. The van der Waals surface area contributed by atoms with Crippen LogP contribution < -0.4 is 5.32 Å². The van der Waals surface area contributed by atoms with E-state index in [1.54, 1.807) is 0 Å². The maximum absolute atomic E-state index is 12.0. The molecule has 2 rings (SSSR count). The van der Waals surface area contributed by atoms with Gasteiger partial charge < -0.3 is 10.4 Å². The van der Waals surface area contributed by atoms with E-state index in [2.05, 4.69) is 5.32 Å². The highest BCUT2D eigenvalue weighted by molar-refractivity contribution is 6.03. The summed E-state index contributed by atoms with van der Waals surface area (Å²) in [5.41, 5.74) is 0. The van der Waals surface area contributed by atoms with Gasteiger partial charge >= 0.3 is 5.97 Å². The zero-order valence-corrected chi connectivity index (χ0v) is 8.81. The number of rotatable bonds is 2. The lowest BCUT2D eigenvalue weighted by Crippen LogP contribution is -2.50. The number of amides is 2. The number of imide groups is 1. The fourth-order valence-electron chi connectivity index (χ4n) is 2.26. The molecule has 2 aliphatic heterocycles. The summed E-state index contributed by atoms with van der Waals surface area (Å²) in [7, 11) is 0. The molecule has 88 valence electrons. The van der Waals surface area contributed by atoms with Crippen LogP contribution in [0.3, 0.4) is 0 Å². The second kappa shape index (κ2) is 4.21. The Balaban J connectivity index is 2.13. The van der Waals surface area contributed by atoms with E-state index >= 15 is 0 Å². The van der Waals surface area contributed by atoms with Crippen molar-refractivity contribution in [3.63, 3.8) is 0 Å². The monoisotopic (exact) mass is 226 g/mol. The minimum atomic E-state index is -1.10. The number of carboxylic acids is 1. The first kappa shape index (κ1) is 11.1. The molecule has 0 saturated carbocycles. The molecule has 16 heavy (non-hydrogen) atoms. The Morgan fingerprint density at radius 1 is 1.38 bits per heavy atom. The number of likely N-dealkylation sites (tertiary alicyclic amines) is 1. The second-order valence-corrected chi connectivity index (χ2v) is 4.14. The number of carboxylic acid groups (broad SMARTS) is 1. The average molecular weight is 226 g/mol. The quantitative estimate of drug-likeness (QED) is 0.610. The van der Waals surface area contributed by atoms with E-state index in [1.165, 1.54) is 0 Å². The van der Waals surface area contributed by atoms with Crippen molar-refractivity contribution >= 4 is 17.8 Å². The molecule has 0 aliphatic carbocycles. The van der Waals surface area contributed by atoms with Gasteiger partial charge in [0.15, 0.2) is 0 Å². The highest BCUT2D eigenvalue weighted by atomic mass is 16.4. The lowest BCUT2D eigenvalue weighted by atomic mass is 10.1. The van der Waals surface area contributed by atoms with Crippen LogP contribution in [-0.4, -0.2) is 46.4 Å². The Hall–Kier alpha value is -1.43. The molecule has 2 N–H and O–H groups in total. The van der Waals surface area contributed by atoms with E-state index in [9.17, 15) is 14.4 Å². The van der Waals surface area contributed by atoms with Crippen LogP contribution in [0.1, 0.15) is 25.7 Å². The molecule has 0 radical (unpaired) electrons. The molecule has 2 heterocycles. The van der Waals surface area contributed by atoms with Crippen molar-refractivity contribution in [1.82, 2.24) is 10.2 Å². The fourth-order valence-corrected chi connectivity index (χ4v) is 2.26. The molecule has 2 amide bonds. The van der Waals surface area contributed by atoms with Crippen LogP contribution in [0.2, 0.25) is 0 Å². The molecule has 2 aliphatic rings. The molecule has 0 aromatic carbocycles. The molecule has 6 heteroatoms. The third kappa shape index (κ3) is 1.80. The van der Waals surface area contributed by atoms with Crippen LogP contribution in [0.4, 0.5) is 0 Å². The van der Waals surface area contributed by atoms with Gasteiger partial charge in [0.1, 0.15) is 6.04 Å². The average Bonchev–Trinajstić information content (AvgIpc) is 2.84. The maximum atomic E-state index is 12.0. The van der Waals surface area contributed by atoms with Crippen molar-refractivity contribution in [2.75, 3.05) is 6.54 Å². The van der Waals surface area contributed by atoms with Crippen LogP contribution in [0, 0.1) is 0 Å². The maximum Gasteiger partial charge on any atom is 0.326 e. The summed E-state index contributed by atoms with van der Waals surface area (Å²) in [5.74, 6) is -1.85. The molecule has 0 unspecified atom stereocenters. The Morgan fingerprint density at radius 3 is 2.69 bits per heavy atom. The molecular weight excluding hydrogens is 212 g/mol. The number of nitrogens with zero attached hydrogens (tertiary/aromatic N) is 1. The van der Waals surface area contributed by atoms with Crippen molar-refractivity contribution < 1.29 is 19.5 Å². The SMILES string of the molecule is O=C(O)[C@@H]1CCC(=O)N1C(=O)[C@@H]1CCCN1. The summed E-state index contributed by atoms with van der Waals surface area (Å²) < 4.78 is 0. The molecular formula is C10H14N2O4. The minimum Gasteiger partial charge on any atom is -0.480 e. The van der Waals surface area contributed by atoms with E-state index in [1.807, 2.05) is 0 Å². The van der Waals surface area contributed by atoms with E-state index in [0.717, 1.165) is 17.9 Å². The number of aliphatic carboxylic acids is 1. The van der Waals surface area contributed by atoms with Gasteiger partial charge in [0.05, 0.1) is 6.04 Å². The van der Waals surface area contributed by atoms with Gasteiger partial charge in [-0.3, -0.25) is 14.5 Å². The molecule has 0 bridgehead atoms. The van der Waals surface area contributed by atoms with Crippen molar-refractivity contribution in [2.45, 2.75) is 37.8 Å². The van der Waals surface area contributed by atoms with Gasteiger partial charge in [0.2, 0.25) is 11.8 Å². The highest BCUT2D eigenvalue weighted by Crippen LogP contribution is 2.21. The summed E-state index contributed by atoms with van der Waals surface area (Å²) in [6, 6.07) is -1.36. The van der Waals surface area contributed by atoms with Crippen LogP contribution >= 0.6 is 0 Å². The van der Waals surface area contributed by atoms with Gasteiger partial charge in [0.25, 0.3) is 0 Å². The molecule has 0 aromatic rings. The smallest absolute Gasteiger partial charge is 0.326 e. The molecule has 0 aromatic heterocycles. The van der Waals surface area contributed by atoms with E-state index in [4.69, 9.17) is 5.11 Å². The van der Waals surface area contributed by atoms with Crippen LogP contribution in [-0.2, 0) is 14.4 Å². The van der Waals surface area contributed by atoms with Crippen molar-refractivity contribution in [3.8, 4) is 0 Å². The lowest BCUT2D eigenvalue weighted by Gasteiger charge is -2.22. The Labute approximate surface area is 92.6 Å². The molecule has 2 saturated heterocycles. The van der Waals surface area contributed by atoms with Gasteiger partial charge in [-0.15, -0.1) is 0 Å². The van der Waals surface area contributed by atoms with Gasteiger partial charge in [-0.05, 0) is 25.8 Å². The number of hydrogen-bond acceptors (Lipinski definition) is 4. The molecule has 2 fully saturated rings. The van der Waals surface area contributed by atoms with E-state index < -0.39 is 12.0 Å². The normalized spacial score (nSPS) is 29.8. The standard InChI is InChI=1S/C10H14N2O4/c13-8-4-3-7(10(15)16)12(8)9(14)6-2-1-5-11-6/h6-7,11H,1-5H2,(H,15,16)/t6-,7-/m0/s1. The number of carbonyl (C=O) groups excluding carboxylic acids is 2. The van der Waals surface area contributed by atoms with Gasteiger partial charge in [0, 0.05) is 6.42 Å². The topological polar surface area (TPSA) is 86.7 Å². The van der Waals surface area contributed by atoms with Crippen molar-refractivity contribution in [1.29, 1.82) is 0 Å². The Bertz CT molecular complexity index is 336. The van der Waals surface area contributed by atoms with E-state index in [-0.39, 0.29) is 30.7 Å². The van der Waals surface area contributed by atoms with Gasteiger partial charge in [-0.2, -0.15) is 0 Å².